The lowest BCUT2D eigenvalue weighted by Gasteiger charge is -2.31. The van der Waals surface area contributed by atoms with Crippen molar-refractivity contribution in [1.82, 2.24) is 9.88 Å². The first-order valence-corrected chi connectivity index (χ1v) is 10.7. The zero-order valence-corrected chi connectivity index (χ0v) is 18.3. The van der Waals surface area contributed by atoms with Crippen LogP contribution in [0.15, 0.2) is 24.3 Å². The minimum absolute atomic E-state index is 0.0131. The molecule has 160 valence electrons. The van der Waals surface area contributed by atoms with E-state index in [4.69, 9.17) is 0 Å². The smallest absolute Gasteiger partial charge is 0.272 e. The van der Waals surface area contributed by atoms with Crippen LogP contribution in [0.1, 0.15) is 88.4 Å². The normalized spacial score (nSPS) is 14.4. The Bertz CT molecular complexity index is 937. The van der Waals surface area contributed by atoms with Crippen LogP contribution in [0.2, 0.25) is 0 Å². The van der Waals surface area contributed by atoms with Crippen LogP contribution in [-0.4, -0.2) is 40.6 Å². The van der Waals surface area contributed by atoms with E-state index in [-0.39, 0.29) is 17.6 Å². The number of amides is 2. The molecular weight excluding hydrogens is 378 g/mol. The maximum absolute atomic E-state index is 12.8. The number of aromatic amines is 1. The molecule has 1 heterocycles. The molecule has 1 aromatic carbocycles. The van der Waals surface area contributed by atoms with Gasteiger partial charge < -0.3 is 15.2 Å². The lowest BCUT2D eigenvalue weighted by Crippen LogP contribution is -2.38. The fourth-order valence-electron chi connectivity index (χ4n) is 4.43. The highest BCUT2D eigenvalue weighted by molar-refractivity contribution is 6.08. The van der Waals surface area contributed by atoms with Crippen LogP contribution in [0, 0.1) is 6.92 Å². The molecule has 0 saturated heterocycles. The van der Waals surface area contributed by atoms with E-state index in [9.17, 15) is 14.4 Å². The van der Waals surface area contributed by atoms with Gasteiger partial charge in [-0.2, -0.15) is 0 Å². The van der Waals surface area contributed by atoms with Gasteiger partial charge in [0.2, 0.25) is 0 Å². The Hall–Kier alpha value is -2.89. The molecule has 2 N–H and O–H groups in total. The monoisotopic (exact) mass is 409 g/mol. The molecule has 1 aliphatic carbocycles. The highest BCUT2D eigenvalue weighted by Crippen LogP contribution is 2.24. The van der Waals surface area contributed by atoms with Crippen LogP contribution in [0.3, 0.4) is 0 Å². The average molecular weight is 410 g/mol. The molecule has 1 aromatic heterocycles. The zero-order valence-electron chi connectivity index (χ0n) is 18.3. The van der Waals surface area contributed by atoms with Crippen molar-refractivity contribution < 1.29 is 14.4 Å². The van der Waals surface area contributed by atoms with E-state index in [0.29, 0.717) is 40.7 Å². The van der Waals surface area contributed by atoms with Gasteiger partial charge in [0.1, 0.15) is 5.69 Å². The summed E-state index contributed by atoms with van der Waals surface area (Å²) in [5, 5.41) is 2.86. The van der Waals surface area contributed by atoms with Gasteiger partial charge in [-0.25, -0.2) is 0 Å². The molecule has 2 amide bonds. The second-order valence-corrected chi connectivity index (χ2v) is 8.13. The Labute approximate surface area is 178 Å². The van der Waals surface area contributed by atoms with Crippen molar-refractivity contribution in [2.75, 3.05) is 12.4 Å². The quantitative estimate of drug-likeness (QED) is 0.676. The number of benzene rings is 1. The van der Waals surface area contributed by atoms with Crippen molar-refractivity contribution in [3.8, 4) is 0 Å². The number of anilines is 1. The third kappa shape index (κ3) is 4.48. The van der Waals surface area contributed by atoms with E-state index in [1.165, 1.54) is 26.2 Å². The summed E-state index contributed by atoms with van der Waals surface area (Å²) in [4.78, 5) is 42.4. The van der Waals surface area contributed by atoms with E-state index < -0.39 is 0 Å². The first-order valence-electron chi connectivity index (χ1n) is 10.7. The molecule has 2 aromatic rings. The molecule has 0 spiro atoms. The molecule has 30 heavy (non-hydrogen) atoms. The fourth-order valence-corrected chi connectivity index (χ4v) is 4.43. The number of rotatable bonds is 6. The van der Waals surface area contributed by atoms with Gasteiger partial charge in [-0.3, -0.25) is 14.4 Å². The number of nitrogens with one attached hydrogen (secondary N) is 2. The minimum atomic E-state index is -0.291. The summed E-state index contributed by atoms with van der Waals surface area (Å²) in [5.41, 5.74) is 3.67. The molecule has 0 unspecified atom stereocenters. The highest BCUT2D eigenvalue weighted by atomic mass is 16.2. The minimum Gasteiger partial charge on any atom is -0.354 e. The first-order chi connectivity index (χ1) is 14.3. The Morgan fingerprint density at radius 3 is 2.30 bits per heavy atom. The topological polar surface area (TPSA) is 82.3 Å². The summed E-state index contributed by atoms with van der Waals surface area (Å²) >= 11 is 0. The number of aromatic nitrogens is 1. The number of nitrogens with zero attached hydrogens (tertiary/aromatic N) is 1. The van der Waals surface area contributed by atoms with Crippen molar-refractivity contribution in [1.29, 1.82) is 0 Å². The fraction of sp³-hybridized carbons (Fsp3) is 0.458. The Morgan fingerprint density at radius 2 is 1.73 bits per heavy atom. The lowest BCUT2D eigenvalue weighted by molar-refractivity contribution is 0.0696. The number of carbonyl (C=O) groups excluding carboxylic acids is 3. The van der Waals surface area contributed by atoms with Crippen molar-refractivity contribution in [2.45, 2.75) is 65.3 Å². The Kier molecular flexibility index (Phi) is 6.75. The number of ketones is 1. The summed E-state index contributed by atoms with van der Waals surface area (Å²) in [7, 11) is 1.88. The standard InChI is InChI=1S/C24H31N3O3/c1-5-20-21(16(3)28)15(2)25-22(20)23(29)26-18-13-11-17(12-14-18)24(30)27(4)19-9-7-6-8-10-19/h11-14,19,25H,5-10H2,1-4H3,(H,26,29). The predicted octanol–water partition coefficient (Wildman–Crippen LogP) is 4.75. The number of hydrogen-bond acceptors (Lipinski definition) is 3. The second-order valence-electron chi connectivity index (χ2n) is 8.13. The van der Waals surface area contributed by atoms with Crippen LogP contribution in [0.4, 0.5) is 5.69 Å². The summed E-state index contributed by atoms with van der Waals surface area (Å²) < 4.78 is 0. The number of carbonyl (C=O) groups is 3. The van der Waals surface area contributed by atoms with Gasteiger partial charge in [0.15, 0.2) is 5.78 Å². The van der Waals surface area contributed by atoms with Crippen molar-refractivity contribution in [3.05, 3.63) is 52.3 Å². The van der Waals surface area contributed by atoms with Gasteiger partial charge in [0.25, 0.3) is 11.8 Å². The van der Waals surface area contributed by atoms with Crippen LogP contribution in [0.5, 0.6) is 0 Å². The van der Waals surface area contributed by atoms with E-state index in [0.717, 1.165) is 18.4 Å². The zero-order chi connectivity index (χ0) is 21.8. The van der Waals surface area contributed by atoms with Gasteiger partial charge in [0, 0.05) is 35.6 Å². The largest absolute Gasteiger partial charge is 0.354 e. The number of hydrogen-bond donors (Lipinski definition) is 2. The SMILES string of the molecule is CCc1c(C(=O)Nc2ccc(C(=O)N(C)C3CCCCC3)cc2)[nH]c(C)c1C(C)=O. The molecule has 6 heteroatoms. The third-order valence-corrected chi connectivity index (χ3v) is 6.06. The van der Waals surface area contributed by atoms with Gasteiger partial charge in [0.05, 0.1) is 0 Å². The van der Waals surface area contributed by atoms with Crippen LogP contribution in [0.25, 0.3) is 0 Å². The molecule has 1 aliphatic rings. The van der Waals surface area contributed by atoms with Gasteiger partial charge in [-0.05, 0) is 62.9 Å². The summed E-state index contributed by atoms with van der Waals surface area (Å²) in [6.07, 6.45) is 6.32. The highest BCUT2D eigenvalue weighted by Gasteiger charge is 2.24. The molecule has 0 atom stereocenters. The van der Waals surface area contributed by atoms with Crippen molar-refractivity contribution in [3.63, 3.8) is 0 Å². The molecular formula is C24H31N3O3. The Balaban J connectivity index is 1.71. The molecule has 0 radical (unpaired) electrons. The van der Waals surface area contributed by atoms with E-state index in [1.54, 1.807) is 31.2 Å². The summed E-state index contributed by atoms with van der Waals surface area (Å²) in [6, 6.07) is 7.29. The molecule has 1 fully saturated rings. The van der Waals surface area contributed by atoms with Gasteiger partial charge in [-0.15, -0.1) is 0 Å². The van der Waals surface area contributed by atoms with Crippen molar-refractivity contribution >= 4 is 23.3 Å². The molecule has 3 rings (SSSR count). The molecule has 6 nitrogen and oxygen atoms in total. The molecule has 0 aliphatic heterocycles. The number of Topliss-reactive ketones (excluding diaryl/α,β-unsaturated/α-hetero) is 1. The Morgan fingerprint density at radius 1 is 1.10 bits per heavy atom. The second kappa shape index (κ2) is 9.28. The predicted molar refractivity (Wildman–Crippen MR) is 118 cm³/mol. The molecule has 1 saturated carbocycles. The van der Waals surface area contributed by atoms with E-state index in [2.05, 4.69) is 10.3 Å². The first kappa shape index (κ1) is 21.8. The van der Waals surface area contributed by atoms with E-state index in [1.807, 2.05) is 18.9 Å². The maximum Gasteiger partial charge on any atom is 0.272 e. The maximum atomic E-state index is 12.8. The van der Waals surface area contributed by atoms with Gasteiger partial charge >= 0.3 is 0 Å². The van der Waals surface area contributed by atoms with E-state index >= 15 is 0 Å². The van der Waals surface area contributed by atoms with Gasteiger partial charge in [-0.1, -0.05) is 26.2 Å². The summed E-state index contributed by atoms with van der Waals surface area (Å²) in [6.45, 7) is 5.24. The average Bonchev–Trinajstić information content (AvgIpc) is 3.10. The van der Waals surface area contributed by atoms with Crippen LogP contribution in [-0.2, 0) is 6.42 Å². The number of aryl methyl sites for hydroxylation is 1. The lowest BCUT2D eigenvalue weighted by atomic mass is 9.94. The van der Waals surface area contributed by atoms with Crippen molar-refractivity contribution in [2.24, 2.45) is 0 Å². The third-order valence-electron chi connectivity index (χ3n) is 6.06. The van der Waals surface area contributed by atoms with Crippen LogP contribution < -0.4 is 5.32 Å². The summed E-state index contributed by atoms with van der Waals surface area (Å²) in [5.74, 6) is -0.329. The van der Waals surface area contributed by atoms with Crippen LogP contribution >= 0.6 is 0 Å². The molecule has 0 bridgehead atoms. The number of H-pyrrole nitrogens is 1.